The molecule has 1 atom stereocenters. The zero-order valence-electron chi connectivity index (χ0n) is 10.1. The molecular weight excluding hydrogens is 206 g/mol. The van der Waals surface area contributed by atoms with E-state index in [4.69, 9.17) is 9.84 Å². The Kier molecular flexibility index (Phi) is 2.97. The van der Waals surface area contributed by atoms with Gasteiger partial charge in [-0.1, -0.05) is 0 Å². The maximum absolute atomic E-state index is 11.1. The number of ether oxygens (including phenoxy) is 1. The lowest BCUT2D eigenvalue weighted by atomic mass is 9.76. The van der Waals surface area contributed by atoms with Gasteiger partial charge < -0.3 is 9.84 Å². The van der Waals surface area contributed by atoms with Crippen LogP contribution in [0.1, 0.15) is 46.0 Å². The first-order valence-corrected chi connectivity index (χ1v) is 6.10. The maximum Gasteiger partial charge on any atom is 0.323 e. The van der Waals surface area contributed by atoms with E-state index >= 15 is 0 Å². The summed E-state index contributed by atoms with van der Waals surface area (Å²) >= 11 is 0. The summed E-state index contributed by atoms with van der Waals surface area (Å²) in [6.45, 7) is 4.84. The number of hydrogen-bond donors (Lipinski definition) is 2. The lowest BCUT2D eigenvalue weighted by molar-refractivity contribution is -0.149. The highest BCUT2D eigenvalue weighted by atomic mass is 16.5. The van der Waals surface area contributed by atoms with E-state index in [-0.39, 0.29) is 11.7 Å². The van der Waals surface area contributed by atoms with Gasteiger partial charge in [0.15, 0.2) is 0 Å². The van der Waals surface area contributed by atoms with Crippen molar-refractivity contribution in [2.24, 2.45) is 0 Å². The average molecular weight is 227 g/mol. The minimum absolute atomic E-state index is 0.0393. The van der Waals surface area contributed by atoms with E-state index in [9.17, 15) is 4.79 Å². The van der Waals surface area contributed by atoms with Gasteiger partial charge in [0.2, 0.25) is 0 Å². The minimum Gasteiger partial charge on any atom is -0.480 e. The number of nitrogens with one attached hydrogen (secondary N) is 1. The molecule has 0 radical (unpaired) electrons. The number of hydrogen-bond acceptors (Lipinski definition) is 3. The summed E-state index contributed by atoms with van der Waals surface area (Å²) in [6, 6.07) is 0. The number of aliphatic carboxylic acids is 1. The van der Waals surface area contributed by atoms with Crippen LogP contribution < -0.4 is 5.32 Å². The molecule has 16 heavy (non-hydrogen) atoms. The van der Waals surface area contributed by atoms with Crippen LogP contribution in [0.5, 0.6) is 0 Å². The summed E-state index contributed by atoms with van der Waals surface area (Å²) in [6.07, 6.45) is 4.76. The van der Waals surface area contributed by atoms with Crippen LogP contribution in [0.25, 0.3) is 0 Å². The monoisotopic (exact) mass is 227 g/mol. The molecule has 0 aromatic heterocycles. The summed E-state index contributed by atoms with van der Waals surface area (Å²) < 4.78 is 5.84. The molecule has 1 saturated heterocycles. The summed E-state index contributed by atoms with van der Waals surface area (Å²) in [5.74, 6) is -0.712. The minimum atomic E-state index is -0.712. The Bertz CT molecular complexity index is 284. The molecule has 2 rings (SSSR count). The lowest BCUT2D eigenvalue weighted by Crippen LogP contribution is -2.58. The Morgan fingerprint density at radius 3 is 2.50 bits per heavy atom. The summed E-state index contributed by atoms with van der Waals surface area (Å²) in [4.78, 5) is 11.1. The topological polar surface area (TPSA) is 58.6 Å². The molecule has 0 spiro atoms. The fraction of sp³-hybridized carbons (Fsp3) is 0.917. The molecule has 2 N–H and O–H groups in total. The van der Waals surface area contributed by atoms with E-state index in [0.29, 0.717) is 6.54 Å². The first-order valence-electron chi connectivity index (χ1n) is 6.10. The fourth-order valence-electron chi connectivity index (χ4n) is 2.53. The number of carboxylic acid groups (broad SMARTS) is 1. The Labute approximate surface area is 96.4 Å². The van der Waals surface area contributed by atoms with E-state index < -0.39 is 11.5 Å². The molecule has 2 aliphatic rings. The van der Waals surface area contributed by atoms with Crippen molar-refractivity contribution in [3.63, 3.8) is 0 Å². The second kappa shape index (κ2) is 4.00. The van der Waals surface area contributed by atoms with Crippen molar-refractivity contribution in [3.8, 4) is 0 Å². The highest BCUT2D eigenvalue weighted by Crippen LogP contribution is 2.33. The van der Waals surface area contributed by atoms with Gasteiger partial charge in [0, 0.05) is 6.54 Å². The molecule has 0 amide bonds. The summed E-state index contributed by atoms with van der Waals surface area (Å²) in [5.41, 5.74) is -0.696. The van der Waals surface area contributed by atoms with Crippen molar-refractivity contribution in [1.29, 1.82) is 0 Å². The highest BCUT2D eigenvalue weighted by Gasteiger charge is 2.45. The van der Waals surface area contributed by atoms with Crippen molar-refractivity contribution in [2.45, 2.75) is 63.2 Å². The first kappa shape index (κ1) is 11.9. The van der Waals surface area contributed by atoms with Crippen molar-refractivity contribution in [3.05, 3.63) is 0 Å². The number of rotatable bonds is 4. The maximum atomic E-state index is 11.1. The van der Waals surface area contributed by atoms with Gasteiger partial charge in [-0.2, -0.15) is 0 Å². The molecule has 92 valence electrons. The molecule has 4 heteroatoms. The van der Waals surface area contributed by atoms with Crippen LogP contribution in [-0.2, 0) is 9.53 Å². The number of carboxylic acids is 1. The van der Waals surface area contributed by atoms with E-state index in [0.717, 1.165) is 32.1 Å². The molecule has 1 saturated carbocycles. The molecular formula is C12H21NO3. The highest BCUT2D eigenvalue weighted by molar-refractivity contribution is 5.79. The molecule has 1 aliphatic heterocycles. The Morgan fingerprint density at radius 2 is 2.12 bits per heavy atom. The van der Waals surface area contributed by atoms with Gasteiger partial charge in [-0.25, -0.2) is 0 Å². The van der Waals surface area contributed by atoms with Gasteiger partial charge in [0.25, 0.3) is 0 Å². The first-order chi connectivity index (χ1) is 7.44. The zero-order valence-corrected chi connectivity index (χ0v) is 10.1. The van der Waals surface area contributed by atoms with E-state index in [1.165, 1.54) is 0 Å². The quantitative estimate of drug-likeness (QED) is 0.765. The predicted octanol–water partition coefficient (Wildman–Crippen LogP) is 1.54. The average Bonchev–Trinajstić information content (AvgIpc) is 2.43. The molecule has 2 fully saturated rings. The lowest BCUT2D eigenvalue weighted by Gasteiger charge is -2.39. The van der Waals surface area contributed by atoms with Gasteiger partial charge >= 0.3 is 5.97 Å². The van der Waals surface area contributed by atoms with E-state index in [1.807, 2.05) is 0 Å². The van der Waals surface area contributed by atoms with Crippen molar-refractivity contribution < 1.29 is 14.6 Å². The van der Waals surface area contributed by atoms with Crippen LogP contribution in [0.2, 0.25) is 0 Å². The largest absolute Gasteiger partial charge is 0.480 e. The molecule has 1 unspecified atom stereocenters. The van der Waals surface area contributed by atoms with Crippen LogP contribution in [0.15, 0.2) is 0 Å². The van der Waals surface area contributed by atoms with Crippen LogP contribution in [0.3, 0.4) is 0 Å². The zero-order chi connectivity index (χ0) is 11.8. The molecule has 1 heterocycles. The smallest absolute Gasteiger partial charge is 0.323 e. The third-order valence-electron chi connectivity index (χ3n) is 3.84. The van der Waals surface area contributed by atoms with Crippen LogP contribution >= 0.6 is 0 Å². The summed E-state index contributed by atoms with van der Waals surface area (Å²) in [5, 5.41) is 12.3. The Balaban J connectivity index is 1.81. The second-order valence-electron chi connectivity index (χ2n) is 5.66. The number of carbonyl (C=O) groups is 1. The molecule has 4 nitrogen and oxygen atoms in total. The molecule has 0 aromatic carbocycles. The van der Waals surface area contributed by atoms with Gasteiger partial charge in [-0.15, -0.1) is 0 Å². The fourth-order valence-corrected chi connectivity index (χ4v) is 2.53. The Hall–Kier alpha value is -0.610. The van der Waals surface area contributed by atoms with Crippen LogP contribution in [0.4, 0.5) is 0 Å². The second-order valence-corrected chi connectivity index (χ2v) is 5.66. The molecule has 0 bridgehead atoms. The Morgan fingerprint density at radius 1 is 1.44 bits per heavy atom. The standard InChI is InChI=1S/C12H21NO3/c1-11(2)7-4-9(16-11)8-13-12(10(14)15)5-3-6-12/h9,13H,3-8H2,1-2H3,(H,14,15). The van der Waals surface area contributed by atoms with Crippen molar-refractivity contribution >= 4 is 5.97 Å². The van der Waals surface area contributed by atoms with Crippen molar-refractivity contribution in [2.75, 3.05) is 6.54 Å². The third kappa shape index (κ3) is 2.23. The SMILES string of the molecule is CC1(C)CCC(CNC2(C(=O)O)CCC2)O1. The van der Waals surface area contributed by atoms with Crippen LogP contribution in [-0.4, -0.2) is 34.9 Å². The van der Waals surface area contributed by atoms with Crippen molar-refractivity contribution in [1.82, 2.24) is 5.32 Å². The van der Waals surface area contributed by atoms with E-state index in [1.54, 1.807) is 0 Å². The van der Waals surface area contributed by atoms with Gasteiger partial charge in [0.1, 0.15) is 5.54 Å². The van der Waals surface area contributed by atoms with Gasteiger partial charge in [0.05, 0.1) is 11.7 Å². The van der Waals surface area contributed by atoms with E-state index in [2.05, 4.69) is 19.2 Å². The predicted molar refractivity (Wildman–Crippen MR) is 60.4 cm³/mol. The molecule has 1 aliphatic carbocycles. The summed E-state index contributed by atoms with van der Waals surface area (Å²) in [7, 11) is 0. The normalized spacial score (nSPS) is 31.0. The van der Waals surface area contributed by atoms with Gasteiger partial charge in [-0.3, -0.25) is 10.1 Å². The van der Waals surface area contributed by atoms with Gasteiger partial charge in [-0.05, 0) is 46.0 Å². The third-order valence-corrected chi connectivity index (χ3v) is 3.84. The molecule has 0 aromatic rings. The van der Waals surface area contributed by atoms with Crippen LogP contribution in [0, 0.1) is 0 Å².